The molecular formula is C12H21NO5S. The first kappa shape index (κ1) is 15.9. The second kappa shape index (κ2) is 6.88. The normalized spacial score (nSPS) is 18.2. The summed E-state index contributed by atoms with van der Waals surface area (Å²) < 4.78 is 23.8. The van der Waals surface area contributed by atoms with E-state index in [-0.39, 0.29) is 24.1 Å². The molecule has 0 aromatic heterocycles. The summed E-state index contributed by atoms with van der Waals surface area (Å²) in [5.74, 6) is -2.17. The molecule has 0 heterocycles. The van der Waals surface area contributed by atoms with Crippen molar-refractivity contribution in [3.63, 3.8) is 0 Å². The maximum absolute atomic E-state index is 11.9. The maximum atomic E-state index is 11.9. The summed E-state index contributed by atoms with van der Waals surface area (Å²) >= 11 is 0. The molecule has 2 N–H and O–H groups in total. The van der Waals surface area contributed by atoms with Gasteiger partial charge in [-0.2, -0.15) is 0 Å². The van der Waals surface area contributed by atoms with Crippen molar-refractivity contribution >= 4 is 21.7 Å². The fraction of sp³-hybridized carbons (Fsp3) is 0.833. The van der Waals surface area contributed by atoms with Crippen molar-refractivity contribution < 1.29 is 23.1 Å². The molecule has 0 spiro atoms. The Morgan fingerprint density at radius 3 is 2.42 bits per heavy atom. The molecule has 1 unspecified atom stereocenters. The van der Waals surface area contributed by atoms with Gasteiger partial charge in [-0.15, -0.1) is 0 Å². The predicted octanol–water partition coefficient (Wildman–Crippen LogP) is 0.571. The summed E-state index contributed by atoms with van der Waals surface area (Å²) in [5.41, 5.74) is 0. The number of nitrogens with one attached hydrogen (secondary N) is 1. The summed E-state index contributed by atoms with van der Waals surface area (Å²) in [6, 6.07) is 0. The first-order valence-electron chi connectivity index (χ1n) is 6.51. The van der Waals surface area contributed by atoms with Crippen LogP contribution in [0.5, 0.6) is 0 Å². The third-order valence-electron chi connectivity index (χ3n) is 3.31. The average molecular weight is 291 g/mol. The zero-order valence-corrected chi connectivity index (χ0v) is 11.9. The van der Waals surface area contributed by atoms with Gasteiger partial charge in [0.05, 0.1) is 5.25 Å². The van der Waals surface area contributed by atoms with Gasteiger partial charge in [0.2, 0.25) is 5.91 Å². The number of sulfone groups is 1. The molecule has 19 heavy (non-hydrogen) atoms. The van der Waals surface area contributed by atoms with Crippen molar-refractivity contribution in [2.45, 2.75) is 44.3 Å². The van der Waals surface area contributed by atoms with Crippen LogP contribution >= 0.6 is 0 Å². The number of amides is 1. The van der Waals surface area contributed by atoms with Gasteiger partial charge >= 0.3 is 5.97 Å². The Balaban J connectivity index is 2.36. The zero-order chi connectivity index (χ0) is 14.5. The van der Waals surface area contributed by atoms with Gasteiger partial charge in [0.1, 0.15) is 5.75 Å². The number of carbonyl (C=O) groups excluding carboxylic acids is 1. The molecule has 0 aromatic carbocycles. The lowest BCUT2D eigenvalue weighted by molar-refractivity contribution is -0.138. The number of carboxylic acids is 1. The molecular weight excluding hydrogens is 270 g/mol. The molecule has 1 aliphatic carbocycles. The second-order valence-corrected chi connectivity index (χ2v) is 7.50. The van der Waals surface area contributed by atoms with E-state index in [1.54, 1.807) is 6.92 Å². The standard InChI is InChI=1S/C12H21NO5S/c1-9(6-12(15)16)7-13-11(14)8-19(17,18)10-4-2-3-5-10/h9-10H,2-8H2,1H3,(H,13,14)(H,15,16). The van der Waals surface area contributed by atoms with Crippen molar-refractivity contribution in [3.05, 3.63) is 0 Å². The predicted molar refractivity (Wildman–Crippen MR) is 70.5 cm³/mol. The van der Waals surface area contributed by atoms with Gasteiger partial charge in [-0.1, -0.05) is 19.8 Å². The monoisotopic (exact) mass is 291 g/mol. The second-order valence-electron chi connectivity index (χ2n) is 5.22. The fourth-order valence-corrected chi connectivity index (χ4v) is 4.01. The van der Waals surface area contributed by atoms with Gasteiger partial charge in [-0.25, -0.2) is 8.42 Å². The number of hydrogen-bond donors (Lipinski definition) is 2. The van der Waals surface area contributed by atoms with Crippen molar-refractivity contribution in [1.29, 1.82) is 0 Å². The molecule has 0 bridgehead atoms. The highest BCUT2D eigenvalue weighted by atomic mass is 32.2. The van der Waals surface area contributed by atoms with Gasteiger partial charge in [0.15, 0.2) is 9.84 Å². The van der Waals surface area contributed by atoms with Crippen LogP contribution in [0.4, 0.5) is 0 Å². The van der Waals surface area contributed by atoms with E-state index in [1.807, 2.05) is 0 Å². The van der Waals surface area contributed by atoms with Crippen LogP contribution in [0.1, 0.15) is 39.0 Å². The van der Waals surface area contributed by atoms with Gasteiger partial charge in [-0.05, 0) is 18.8 Å². The van der Waals surface area contributed by atoms with E-state index in [4.69, 9.17) is 5.11 Å². The Labute approximate surface area is 113 Å². The highest BCUT2D eigenvalue weighted by Gasteiger charge is 2.30. The minimum absolute atomic E-state index is 0.0460. The average Bonchev–Trinajstić information content (AvgIpc) is 2.78. The van der Waals surface area contributed by atoms with Gasteiger partial charge in [0, 0.05) is 13.0 Å². The third kappa shape index (κ3) is 5.59. The summed E-state index contributed by atoms with van der Waals surface area (Å²) in [6.07, 6.45) is 3.05. The lowest BCUT2D eigenvalue weighted by Gasteiger charge is -2.13. The largest absolute Gasteiger partial charge is 0.481 e. The van der Waals surface area contributed by atoms with Crippen LogP contribution in [0.3, 0.4) is 0 Å². The smallest absolute Gasteiger partial charge is 0.303 e. The van der Waals surface area contributed by atoms with E-state index >= 15 is 0 Å². The van der Waals surface area contributed by atoms with E-state index < -0.39 is 27.5 Å². The number of rotatable bonds is 7. The van der Waals surface area contributed by atoms with Gasteiger partial charge in [-0.3, -0.25) is 9.59 Å². The lowest BCUT2D eigenvalue weighted by atomic mass is 10.1. The Bertz CT molecular complexity index is 425. The molecule has 0 radical (unpaired) electrons. The topological polar surface area (TPSA) is 101 Å². The number of carbonyl (C=O) groups is 2. The minimum atomic E-state index is -3.36. The van der Waals surface area contributed by atoms with Crippen molar-refractivity contribution in [3.8, 4) is 0 Å². The van der Waals surface area contributed by atoms with Crippen molar-refractivity contribution in [2.75, 3.05) is 12.3 Å². The lowest BCUT2D eigenvalue weighted by Crippen LogP contribution is -2.36. The molecule has 1 aliphatic rings. The first-order valence-corrected chi connectivity index (χ1v) is 8.23. The van der Waals surface area contributed by atoms with Gasteiger partial charge < -0.3 is 10.4 Å². The molecule has 0 saturated heterocycles. The molecule has 1 atom stereocenters. The van der Waals surface area contributed by atoms with Gasteiger partial charge in [0.25, 0.3) is 0 Å². The van der Waals surface area contributed by atoms with Crippen LogP contribution in [-0.2, 0) is 19.4 Å². The molecule has 6 nitrogen and oxygen atoms in total. The Kier molecular flexibility index (Phi) is 5.78. The Morgan fingerprint density at radius 1 is 1.32 bits per heavy atom. The first-order chi connectivity index (χ1) is 8.81. The maximum Gasteiger partial charge on any atom is 0.303 e. The van der Waals surface area contributed by atoms with Crippen LogP contribution < -0.4 is 5.32 Å². The van der Waals surface area contributed by atoms with Crippen LogP contribution in [-0.4, -0.2) is 42.9 Å². The highest BCUT2D eigenvalue weighted by Crippen LogP contribution is 2.25. The van der Waals surface area contributed by atoms with Crippen LogP contribution in [0.25, 0.3) is 0 Å². The van der Waals surface area contributed by atoms with E-state index in [0.717, 1.165) is 12.8 Å². The third-order valence-corrected chi connectivity index (χ3v) is 5.46. The van der Waals surface area contributed by atoms with Crippen LogP contribution in [0, 0.1) is 5.92 Å². The molecule has 1 amide bonds. The number of hydrogen-bond acceptors (Lipinski definition) is 4. The summed E-state index contributed by atoms with van der Waals surface area (Å²) in [7, 11) is -3.36. The quantitative estimate of drug-likeness (QED) is 0.714. The zero-order valence-electron chi connectivity index (χ0n) is 11.1. The molecule has 1 fully saturated rings. The summed E-state index contributed by atoms with van der Waals surface area (Å²) in [4.78, 5) is 22.0. The number of aliphatic carboxylic acids is 1. The Morgan fingerprint density at radius 2 is 1.89 bits per heavy atom. The summed E-state index contributed by atoms with van der Waals surface area (Å²) in [5, 5.41) is 10.7. The minimum Gasteiger partial charge on any atom is -0.481 e. The van der Waals surface area contributed by atoms with E-state index in [9.17, 15) is 18.0 Å². The molecule has 0 aliphatic heterocycles. The molecule has 7 heteroatoms. The van der Waals surface area contributed by atoms with Crippen LogP contribution in [0.2, 0.25) is 0 Å². The molecule has 1 saturated carbocycles. The Hall–Kier alpha value is -1.11. The molecule has 0 aromatic rings. The van der Waals surface area contributed by atoms with E-state index in [1.165, 1.54) is 0 Å². The molecule has 110 valence electrons. The summed E-state index contributed by atoms with van der Waals surface area (Å²) in [6.45, 7) is 1.88. The SMILES string of the molecule is CC(CNC(=O)CS(=O)(=O)C1CCCC1)CC(=O)O. The fourth-order valence-electron chi connectivity index (χ4n) is 2.26. The van der Waals surface area contributed by atoms with Crippen molar-refractivity contribution in [2.24, 2.45) is 5.92 Å². The molecule has 1 rings (SSSR count). The van der Waals surface area contributed by atoms with Crippen LogP contribution in [0.15, 0.2) is 0 Å². The van der Waals surface area contributed by atoms with E-state index in [0.29, 0.717) is 12.8 Å². The number of carboxylic acid groups (broad SMARTS) is 1. The van der Waals surface area contributed by atoms with E-state index in [2.05, 4.69) is 5.32 Å². The highest BCUT2D eigenvalue weighted by molar-refractivity contribution is 7.92. The van der Waals surface area contributed by atoms with Crippen molar-refractivity contribution in [1.82, 2.24) is 5.32 Å².